The Morgan fingerprint density at radius 1 is 1.24 bits per heavy atom. The molecule has 0 aliphatic carbocycles. The molecule has 0 aliphatic heterocycles. The molecule has 0 amide bonds. The van der Waals surface area contributed by atoms with Gasteiger partial charge in [-0.2, -0.15) is 5.26 Å². The van der Waals surface area contributed by atoms with Gasteiger partial charge in [0.2, 0.25) is 0 Å². The molecule has 2 N–H and O–H groups in total. The molecule has 0 aromatic heterocycles. The van der Waals surface area contributed by atoms with Crippen molar-refractivity contribution in [3.05, 3.63) is 58.9 Å². The zero-order valence-corrected chi connectivity index (χ0v) is 11.4. The van der Waals surface area contributed by atoms with Crippen LogP contribution in [0.25, 0.3) is 0 Å². The summed E-state index contributed by atoms with van der Waals surface area (Å²) < 4.78 is 19.2. The van der Waals surface area contributed by atoms with Gasteiger partial charge in [0.1, 0.15) is 18.2 Å². The summed E-state index contributed by atoms with van der Waals surface area (Å²) in [6, 6.07) is 10.8. The molecule has 2 aromatic carbocycles. The first-order valence-corrected chi connectivity index (χ1v) is 6.29. The summed E-state index contributed by atoms with van der Waals surface area (Å²) in [6.07, 6.45) is 0. The zero-order valence-electron chi connectivity index (χ0n) is 11.4. The Balaban J connectivity index is 2.12. The Morgan fingerprint density at radius 3 is 2.57 bits per heavy atom. The van der Waals surface area contributed by atoms with E-state index in [9.17, 15) is 4.39 Å². The average Bonchev–Trinajstić information content (AvgIpc) is 2.46. The van der Waals surface area contributed by atoms with Crippen LogP contribution in [0.5, 0.6) is 5.75 Å². The number of hydrogen-bond acceptors (Lipinski definition) is 4. The van der Waals surface area contributed by atoms with Gasteiger partial charge in [-0.25, -0.2) is 4.39 Å². The molecule has 0 radical (unpaired) electrons. The summed E-state index contributed by atoms with van der Waals surface area (Å²) in [6.45, 7) is 1.79. The number of halogens is 1. The van der Waals surface area contributed by atoms with Crippen molar-refractivity contribution >= 4 is 12.6 Å². The van der Waals surface area contributed by atoms with Gasteiger partial charge in [0.05, 0.1) is 11.6 Å². The minimum Gasteiger partial charge on any atom is -0.489 e. The maximum Gasteiger partial charge on any atom is 0.488 e. The molecular formula is C15H13BFNO3. The lowest BCUT2D eigenvalue weighted by Crippen LogP contribution is -2.29. The fourth-order valence-corrected chi connectivity index (χ4v) is 1.88. The maximum absolute atomic E-state index is 13.7. The molecule has 0 aliphatic rings. The van der Waals surface area contributed by atoms with E-state index >= 15 is 0 Å². The fourth-order valence-electron chi connectivity index (χ4n) is 1.88. The minimum absolute atomic E-state index is 0.0272. The molecule has 21 heavy (non-hydrogen) atoms. The summed E-state index contributed by atoms with van der Waals surface area (Å²) in [7, 11) is -1.53. The molecule has 0 atom stereocenters. The highest BCUT2D eigenvalue weighted by molar-refractivity contribution is 6.58. The fraction of sp³-hybridized carbons (Fsp3) is 0.133. The summed E-state index contributed by atoms with van der Waals surface area (Å²) in [5.74, 6) is 0.0391. The number of rotatable bonds is 4. The van der Waals surface area contributed by atoms with E-state index in [1.807, 2.05) is 6.07 Å². The molecule has 2 aromatic rings. The van der Waals surface area contributed by atoms with Gasteiger partial charge in [-0.05, 0) is 36.1 Å². The van der Waals surface area contributed by atoms with Crippen molar-refractivity contribution in [1.29, 1.82) is 5.26 Å². The smallest absolute Gasteiger partial charge is 0.488 e. The van der Waals surface area contributed by atoms with E-state index in [4.69, 9.17) is 20.0 Å². The highest BCUT2D eigenvalue weighted by atomic mass is 19.1. The third kappa shape index (κ3) is 3.60. The van der Waals surface area contributed by atoms with Crippen LogP contribution in [0.1, 0.15) is 16.7 Å². The van der Waals surface area contributed by atoms with Gasteiger partial charge < -0.3 is 14.8 Å². The molecule has 106 valence electrons. The molecule has 0 saturated heterocycles. The monoisotopic (exact) mass is 285 g/mol. The van der Waals surface area contributed by atoms with Crippen molar-refractivity contribution in [2.75, 3.05) is 0 Å². The molecule has 0 unspecified atom stereocenters. The second-order valence-corrected chi connectivity index (χ2v) is 4.61. The van der Waals surface area contributed by atoms with Gasteiger partial charge in [-0.3, -0.25) is 0 Å². The van der Waals surface area contributed by atoms with Gasteiger partial charge in [-0.15, -0.1) is 0 Å². The topological polar surface area (TPSA) is 73.5 Å². The lowest BCUT2D eigenvalue weighted by Gasteiger charge is -2.11. The van der Waals surface area contributed by atoms with E-state index in [1.165, 1.54) is 18.2 Å². The molecule has 0 fully saturated rings. The Hall–Kier alpha value is -2.36. The molecule has 6 heteroatoms. The first-order valence-electron chi connectivity index (χ1n) is 6.29. The second kappa shape index (κ2) is 6.40. The average molecular weight is 285 g/mol. The normalized spacial score (nSPS) is 10.0. The molecule has 2 rings (SSSR count). The third-order valence-corrected chi connectivity index (χ3v) is 3.06. The van der Waals surface area contributed by atoms with E-state index in [0.29, 0.717) is 16.8 Å². The number of benzene rings is 2. The Labute approximate surface area is 122 Å². The van der Waals surface area contributed by atoms with Gasteiger partial charge in [0, 0.05) is 5.56 Å². The largest absolute Gasteiger partial charge is 0.489 e. The van der Waals surface area contributed by atoms with Crippen LogP contribution in [0.2, 0.25) is 0 Å². The van der Waals surface area contributed by atoms with E-state index in [-0.39, 0.29) is 12.2 Å². The highest BCUT2D eigenvalue weighted by Gasteiger charge is 2.12. The first-order chi connectivity index (χ1) is 10.0. The van der Waals surface area contributed by atoms with Crippen molar-refractivity contribution in [3.63, 3.8) is 0 Å². The lowest BCUT2D eigenvalue weighted by molar-refractivity contribution is 0.298. The van der Waals surface area contributed by atoms with Crippen LogP contribution in [0.15, 0.2) is 36.4 Å². The lowest BCUT2D eigenvalue weighted by atomic mass is 9.79. The number of hydrogen-bond donors (Lipinski definition) is 2. The van der Waals surface area contributed by atoms with E-state index in [1.54, 1.807) is 19.1 Å². The molecular weight excluding hydrogens is 272 g/mol. The minimum atomic E-state index is -1.53. The molecule has 0 saturated carbocycles. The molecule has 0 spiro atoms. The van der Waals surface area contributed by atoms with Crippen LogP contribution in [0.3, 0.4) is 0 Å². The number of nitriles is 1. The molecule has 0 heterocycles. The quantitative estimate of drug-likeness (QED) is 0.829. The van der Waals surface area contributed by atoms with Gasteiger partial charge in [-0.1, -0.05) is 18.2 Å². The number of nitrogens with zero attached hydrogens (tertiary/aromatic N) is 1. The van der Waals surface area contributed by atoms with Crippen LogP contribution in [-0.2, 0) is 6.61 Å². The maximum atomic E-state index is 13.7. The standard InChI is InChI=1S/C15H13BFNO3/c1-10-6-13(16(19)20)4-5-15(10)21-9-12-3-2-11(8-18)7-14(12)17/h2-7,19-20H,9H2,1H3. The summed E-state index contributed by atoms with van der Waals surface area (Å²) in [4.78, 5) is 0. The Kier molecular flexibility index (Phi) is 4.58. The van der Waals surface area contributed by atoms with Crippen molar-refractivity contribution < 1.29 is 19.2 Å². The second-order valence-electron chi connectivity index (χ2n) is 4.61. The van der Waals surface area contributed by atoms with Gasteiger partial charge in [0.25, 0.3) is 0 Å². The van der Waals surface area contributed by atoms with Gasteiger partial charge in [0.15, 0.2) is 0 Å². The van der Waals surface area contributed by atoms with Crippen LogP contribution in [0, 0.1) is 24.1 Å². The van der Waals surface area contributed by atoms with E-state index in [0.717, 1.165) is 11.6 Å². The first kappa shape index (κ1) is 15.0. The van der Waals surface area contributed by atoms with Crippen molar-refractivity contribution in [1.82, 2.24) is 0 Å². The van der Waals surface area contributed by atoms with Crippen LogP contribution in [-0.4, -0.2) is 17.2 Å². The predicted octanol–water partition coefficient (Wildman–Crippen LogP) is 1.26. The SMILES string of the molecule is Cc1cc(B(O)O)ccc1OCc1ccc(C#N)cc1F. The number of aryl methyl sites for hydroxylation is 1. The molecule has 0 bridgehead atoms. The van der Waals surface area contributed by atoms with Crippen LogP contribution in [0.4, 0.5) is 4.39 Å². The Morgan fingerprint density at radius 2 is 2.00 bits per heavy atom. The summed E-state index contributed by atoms with van der Waals surface area (Å²) in [5, 5.41) is 26.8. The summed E-state index contributed by atoms with van der Waals surface area (Å²) in [5.41, 5.74) is 1.69. The highest BCUT2D eigenvalue weighted by Crippen LogP contribution is 2.19. The third-order valence-electron chi connectivity index (χ3n) is 3.06. The van der Waals surface area contributed by atoms with E-state index in [2.05, 4.69) is 0 Å². The number of ether oxygens (including phenoxy) is 1. The van der Waals surface area contributed by atoms with Crippen molar-refractivity contribution in [2.45, 2.75) is 13.5 Å². The predicted molar refractivity (Wildman–Crippen MR) is 76.5 cm³/mol. The van der Waals surface area contributed by atoms with Gasteiger partial charge >= 0.3 is 7.12 Å². The molecule has 4 nitrogen and oxygen atoms in total. The summed E-state index contributed by atoms with van der Waals surface area (Å²) >= 11 is 0. The van der Waals surface area contributed by atoms with Crippen molar-refractivity contribution in [2.24, 2.45) is 0 Å². The Bertz CT molecular complexity index is 698. The zero-order chi connectivity index (χ0) is 15.4. The van der Waals surface area contributed by atoms with Crippen molar-refractivity contribution in [3.8, 4) is 11.8 Å². The van der Waals surface area contributed by atoms with Crippen LogP contribution >= 0.6 is 0 Å². The van der Waals surface area contributed by atoms with E-state index < -0.39 is 12.9 Å². The van der Waals surface area contributed by atoms with Crippen LogP contribution < -0.4 is 10.2 Å².